The normalized spacial score (nSPS) is 16.1. The lowest BCUT2D eigenvalue weighted by Gasteiger charge is -2.38. The Morgan fingerprint density at radius 3 is 2.40 bits per heavy atom. The summed E-state index contributed by atoms with van der Waals surface area (Å²) in [6.07, 6.45) is 1.34. The Hall–Kier alpha value is -1.70. The van der Waals surface area contributed by atoms with Gasteiger partial charge in [-0.05, 0) is 41.3 Å². The number of hydrogen-bond acceptors (Lipinski definition) is 2. The van der Waals surface area contributed by atoms with Gasteiger partial charge in [0.1, 0.15) is 11.4 Å². The predicted octanol–water partition coefficient (Wildman–Crippen LogP) is 2.86. The molecule has 108 valence electrons. The fraction of sp³-hybridized carbons (Fsp3) is 0.333. The predicted molar refractivity (Wildman–Crippen MR) is 70.4 cm³/mol. The van der Waals surface area contributed by atoms with Gasteiger partial charge < -0.3 is 15.7 Å². The quantitative estimate of drug-likeness (QED) is 0.785. The minimum atomic E-state index is -1.30. The van der Waals surface area contributed by atoms with Gasteiger partial charge in [0.2, 0.25) is 0 Å². The van der Waals surface area contributed by atoms with Gasteiger partial charge in [-0.25, -0.2) is 18.4 Å². The molecule has 1 saturated carbocycles. The molecule has 2 amide bonds. The number of anilines is 1. The number of aliphatic carboxylic acids is 1. The fourth-order valence-corrected chi connectivity index (χ4v) is 2.45. The molecule has 0 atom stereocenters. The fourth-order valence-electron chi connectivity index (χ4n) is 1.95. The van der Waals surface area contributed by atoms with Gasteiger partial charge in [-0.2, -0.15) is 0 Å². The molecule has 1 fully saturated rings. The number of urea groups is 1. The van der Waals surface area contributed by atoms with Gasteiger partial charge in [0.25, 0.3) is 0 Å². The first-order chi connectivity index (χ1) is 9.34. The number of carbonyl (C=O) groups is 2. The number of nitrogens with one attached hydrogen (secondary N) is 2. The van der Waals surface area contributed by atoms with E-state index in [-0.39, 0.29) is 10.2 Å². The maximum atomic E-state index is 13.5. The van der Waals surface area contributed by atoms with Gasteiger partial charge >= 0.3 is 12.0 Å². The van der Waals surface area contributed by atoms with E-state index in [2.05, 4.69) is 26.6 Å². The number of halogens is 3. The molecule has 1 aromatic carbocycles. The lowest BCUT2D eigenvalue weighted by molar-refractivity contribution is -0.148. The summed E-state index contributed by atoms with van der Waals surface area (Å²) in [6.45, 7) is 0. The molecular weight excluding hydrogens is 338 g/mol. The van der Waals surface area contributed by atoms with Crippen molar-refractivity contribution >= 4 is 33.6 Å². The van der Waals surface area contributed by atoms with Crippen molar-refractivity contribution in [3.8, 4) is 0 Å². The van der Waals surface area contributed by atoms with Crippen LogP contribution >= 0.6 is 15.9 Å². The summed E-state index contributed by atoms with van der Waals surface area (Å²) in [6, 6.07) is 0.768. The number of amides is 2. The zero-order chi connectivity index (χ0) is 14.9. The van der Waals surface area contributed by atoms with E-state index in [0.717, 1.165) is 6.07 Å². The summed E-state index contributed by atoms with van der Waals surface area (Å²) < 4.78 is 26.5. The van der Waals surface area contributed by atoms with E-state index in [1.54, 1.807) is 0 Å². The van der Waals surface area contributed by atoms with Gasteiger partial charge in [0, 0.05) is 10.5 Å². The molecule has 1 aliphatic rings. The number of carboxylic acids is 1. The second-order valence-electron chi connectivity index (χ2n) is 4.56. The first kappa shape index (κ1) is 14.7. The van der Waals surface area contributed by atoms with Crippen molar-refractivity contribution in [1.82, 2.24) is 5.32 Å². The molecule has 0 aromatic heterocycles. The second kappa shape index (κ2) is 5.35. The van der Waals surface area contributed by atoms with Gasteiger partial charge in [0.05, 0.1) is 5.69 Å². The maximum Gasteiger partial charge on any atom is 0.329 e. The molecule has 0 aliphatic heterocycles. The zero-order valence-corrected chi connectivity index (χ0v) is 11.8. The summed E-state index contributed by atoms with van der Waals surface area (Å²) >= 11 is 2.93. The van der Waals surface area contributed by atoms with Gasteiger partial charge in [-0.1, -0.05) is 0 Å². The van der Waals surface area contributed by atoms with E-state index < -0.39 is 29.2 Å². The Balaban J connectivity index is 2.11. The summed E-state index contributed by atoms with van der Waals surface area (Å²) in [5.74, 6) is -2.87. The Bertz CT molecular complexity index is 553. The standard InChI is InChI=1S/C12H11BrF2N2O3/c13-7-4-6(14)5-8(15)9(7)16-11(20)17-12(10(18)19)2-1-3-12/h4-5H,1-3H2,(H,18,19)(H2,16,17,20). The van der Waals surface area contributed by atoms with Crippen LogP contribution in [0.3, 0.4) is 0 Å². The number of benzene rings is 1. The van der Waals surface area contributed by atoms with E-state index in [0.29, 0.717) is 25.3 Å². The average Bonchev–Trinajstić information content (AvgIpc) is 2.28. The van der Waals surface area contributed by atoms with Crippen LogP contribution in [-0.4, -0.2) is 22.6 Å². The molecule has 3 N–H and O–H groups in total. The summed E-state index contributed by atoms with van der Waals surface area (Å²) in [5.41, 5.74) is -1.55. The number of hydrogen-bond donors (Lipinski definition) is 3. The molecule has 5 nitrogen and oxygen atoms in total. The van der Waals surface area contributed by atoms with Crippen LogP contribution in [0, 0.1) is 11.6 Å². The van der Waals surface area contributed by atoms with Crippen LogP contribution < -0.4 is 10.6 Å². The topological polar surface area (TPSA) is 78.4 Å². The van der Waals surface area contributed by atoms with E-state index in [1.165, 1.54) is 0 Å². The third-order valence-electron chi connectivity index (χ3n) is 3.21. The molecule has 0 heterocycles. The highest BCUT2D eigenvalue weighted by atomic mass is 79.9. The zero-order valence-electron chi connectivity index (χ0n) is 10.2. The van der Waals surface area contributed by atoms with Gasteiger partial charge in [0.15, 0.2) is 5.82 Å². The van der Waals surface area contributed by atoms with Crippen molar-refractivity contribution in [1.29, 1.82) is 0 Å². The molecule has 0 radical (unpaired) electrons. The van der Waals surface area contributed by atoms with Crippen LogP contribution in [0.1, 0.15) is 19.3 Å². The highest BCUT2D eigenvalue weighted by Crippen LogP contribution is 2.32. The molecule has 0 saturated heterocycles. The SMILES string of the molecule is O=C(Nc1c(F)cc(F)cc1Br)NC1(C(=O)O)CCC1. The monoisotopic (exact) mass is 348 g/mol. The van der Waals surface area contributed by atoms with Crippen LogP contribution in [0.15, 0.2) is 16.6 Å². The maximum absolute atomic E-state index is 13.5. The molecule has 0 spiro atoms. The first-order valence-electron chi connectivity index (χ1n) is 5.81. The van der Waals surface area contributed by atoms with E-state index >= 15 is 0 Å². The van der Waals surface area contributed by atoms with Crippen molar-refractivity contribution in [2.45, 2.75) is 24.8 Å². The molecule has 1 aliphatic carbocycles. The minimum absolute atomic E-state index is 0.0307. The van der Waals surface area contributed by atoms with Crippen LogP contribution in [-0.2, 0) is 4.79 Å². The number of rotatable bonds is 3. The van der Waals surface area contributed by atoms with Crippen LogP contribution in [0.5, 0.6) is 0 Å². The van der Waals surface area contributed by atoms with Crippen molar-refractivity contribution in [2.75, 3.05) is 5.32 Å². The summed E-state index contributed by atoms with van der Waals surface area (Å²) in [4.78, 5) is 22.8. The Morgan fingerprint density at radius 2 is 1.95 bits per heavy atom. The lowest BCUT2D eigenvalue weighted by Crippen LogP contribution is -2.60. The Labute approximate surface area is 121 Å². The molecule has 0 bridgehead atoms. The van der Waals surface area contributed by atoms with Crippen LogP contribution in [0.2, 0.25) is 0 Å². The van der Waals surface area contributed by atoms with E-state index in [1.807, 2.05) is 0 Å². The molecule has 20 heavy (non-hydrogen) atoms. The summed E-state index contributed by atoms with van der Waals surface area (Å²) in [5, 5.41) is 13.6. The molecule has 8 heteroatoms. The highest BCUT2D eigenvalue weighted by molar-refractivity contribution is 9.10. The third kappa shape index (κ3) is 2.74. The number of carboxylic acid groups (broad SMARTS) is 1. The highest BCUT2D eigenvalue weighted by Gasteiger charge is 2.45. The Morgan fingerprint density at radius 1 is 1.30 bits per heavy atom. The van der Waals surface area contributed by atoms with Crippen LogP contribution in [0.4, 0.5) is 19.3 Å². The molecule has 2 rings (SSSR count). The average molecular weight is 349 g/mol. The molecule has 0 unspecified atom stereocenters. The Kier molecular flexibility index (Phi) is 3.94. The third-order valence-corrected chi connectivity index (χ3v) is 3.84. The van der Waals surface area contributed by atoms with Crippen molar-refractivity contribution in [3.05, 3.63) is 28.2 Å². The van der Waals surface area contributed by atoms with Crippen molar-refractivity contribution in [3.63, 3.8) is 0 Å². The van der Waals surface area contributed by atoms with Gasteiger partial charge in [-0.15, -0.1) is 0 Å². The van der Waals surface area contributed by atoms with Crippen LogP contribution in [0.25, 0.3) is 0 Å². The second-order valence-corrected chi connectivity index (χ2v) is 5.42. The van der Waals surface area contributed by atoms with E-state index in [4.69, 9.17) is 5.11 Å². The number of carbonyl (C=O) groups excluding carboxylic acids is 1. The molecule has 1 aromatic rings. The summed E-state index contributed by atoms with van der Waals surface area (Å²) in [7, 11) is 0. The minimum Gasteiger partial charge on any atom is -0.480 e. The van der Waals surface area contributed by atoms with Gasteiger partial charge in [-0.3, -0.25) is 0 Å². The largest absolute Gasteiger partial charge is 0.480 e. The lowest BCUT2D eigenvalue weighted by atomic mass is 9.77. The first-order valence-corrected chi connectivity index (χ1v) is 6.60. The van der Waals surface area contributed by atoms with Crippen molar-refractivity contribution < 1.29 is 23.5 Å². The molecular formula is C12H11BrF2N2O3. The van der Waals surface area contributed by atoms with Crippen molar-refractivity contribution in [2.24, 2.45) is 0 Å². The van der Waals surface area contributed by atoms with E-state index in [9.17, 15) is 18.4 Å². The smallest absolute Gasteiger partial charge is 0.329 e.